The largest absolute Gasteiger partial charge is 0.380 e. The molecule has 0 spiro atoms. The number of benzene rings is 1. The van der Waals surface area contributed by atoms with Crippen LogP contribution in [0.4, 0.5) is 20.7 Å². The average molecular weight is 593 g/mol. The molecular weight excluding hydrogens is 559 g/mol. The van der Waals surface area contributed by atoms with E-state index in [2.05, 4.69) is 20.6 Å². The van der Waals surface area contributed by atoms with Crippen molar-refractivity contribution < 1.29 is 18.7 Å². The highest BCUT2D eigenvalue weighted by atomic mass is 35.5. The quantitative estimate of drug-likeness (QED) is 0.360. The van der Waals surface area contributed by atoms with E-state index in [4.69, 9.17) is 22.1 Å². The number of fused-ring (bicyclic) bond motifs is 1. The Morgan fingerprint density at radius 2 is 2.07 bits per heavy atom. The van der Waals surface area contributed by atoms with Crippen LogP contribution in [-0.4, -0.2) is 53.8 Å². The van der Waals surface area contributed by atoms with Crippen molar-refractivity contribution in [3.05, 3.63) is 76.4 Å². The lowest BCUT2D eigenvalue weighted by atomic mass is 9.76. The van der Waals surface area contributed by atoms with Gasteiger partial charge in [0.2, 0.25) is 5.91 Å². The number of aromatic nitrogens is 1. The third-order valence-corrected chi connectivity index (χ3v) is 8.93. The molecule has 3 heterocycles. The van der Waals surface area contributed by atoms with E-state index in [0.717, 1.165) is 24.0 Å². The van der Waals surface area contributed by atoms with Crippen molar-refractivity contribution in [3.8, 4) is 0 Å². The molecule has 2 aliphatic heterocycles. The van der Waals surface area contributed by atoms with Crippen LogP contribution in [0.15, 0.2) is 64.9 Å². The number of pyridine rings is 1. The Bertz CT molecular complexity index is 1470. The van der Waals surface area contributed by atoms with Crippen LogP contribution in [0.1, 0.15) is 44.1 Å². The number of carbonyl (C=O) groups is 2. The van der Waals surface area contributed by atoms with Crippen LogP contribution in [-0.2, 0) is 15.1 Å². The Morgan fingerprint density at radius 1 is 1.24 bits per heavy atom. The Hall–Kier alpha value is -3.60. The first-order chi connectivity index (χ1) is 20.2. The van der Waals surface area contributed by atoms with Gasteiger partial charge in [-0.15, -0.1) is 0 Å². The molecule has 220 valence electrons. The summed E-state index contributed by atoms with van der Waals surface area (Å²) in [5.41, 5.74) is 9.46. The summed E-state index contributed by atoms with van der Waals surface area (Å²) in [6, 6.07) is 6.46. The standard InChI is InChI=1S/C31H34ClFN6O3/c1-42-22-14-27(39(17-22)30(41)38-28-7-5-21(32)16-36-28)29(40)37-26-13-20(4-6-25(26)33)31(34,10-8-18-2-3-18)24-9-11-35-15-19-12-23(19)24/h4-7,9,11,13,15-16,18,22-23,27H,2-3,8,10,12,14,17,34H2,1H3,(H,37,40)(H,36,38,41)/t22-,23?,27-,31?/m1/s1. The van der Waals surface area contributed by atoms with Gasteiger partial charge in [-0.05, 0) is 72.2 Å². The molecule has 4 aliphatic rings. The fourth-order valence-electron chi connectivity index (χ4n) is 5.95. The predicted octanol–water partition coefficient (Wildman–Crippen LogP) is 5.39. The van der Waals surface area contributed by atoms with E-state index in [0.29, 0.717) is 23.2 Å². The van der Waals surface area contributed by atoms with E-state index in [1.54, 1.807) is 30.5 Å². The maximum absolute atomic E-state index is 15.2. The zero-order valence-electron chi connectivity index (χ0n) is 23.4. The number of allylic oxidation sites excluding steroid dienone is 2. The molecule has 2 aliphatic carbocycles. The first-order valence-corrected chi connectivity index (χ1v) is 14.7. The smallest absolute Gasteiger partial charge is 0.323 e. The number of carbonyl (C=O) groups excluding carboxylic acids is 2. The SMILES string of the molecule is CO[C@@H]1C[C@H](C(=O)Nc2cc(C(N)(CCC3CC3)C3=CC=NC=C4CC43)ccc2F)N(C(=O)Nc2ccc(Cl)cn2)C1. The van der Waals surface area contributed by atoms with Gasteiger partial charge in [-0.1, -0.05) is 30.5 Å². The predicted molar refractivity (Wildman–Crippen MR) is 160 cm³/mol. The molecule has 1 aromatic heterocycles. The van der Waals surface area contributed by atoms with Crippen LogP contribution in [0, 0.1) is 17.7 Å². The summed E-state index contributed by atoms with van der Waals surface area (Å²) in [4.78, 5) is 36.5. The third kappa shape index (κ3) is 5.97. The molecule has 9 nitrogen and oxygen atoms in total. The molecule has 0 bridgehead atoms. The van der Waals surface area contributed by atoms with Gasteiger partial charge in [0.1, 0.15) is 17.7 Å². The number of halogens is 2. The molecule has 0 radical (unpaired) electrons. The number of nitrogens with one attached hydrogen (secondary N) is 2. The highest BCUT2D eigenvalue weighted by Crippen LogP contribution is 2.52. The summed E-state index contributed by atoms with van der Waals surface area (Å²) in [7, 11) is 1.53. The maximum Gasteiger partial charge on any atom is 0.323 e. The second-order valence-electron chi connectivity index (χ2n) is 11.6. The monoisotopic (exact) mass is 592 g/mol. The van der Waals surface area contributed by atoms with Crippen molar-refractivity contribution in [1.82, 2.24) is 9.88 Å². The van der Waals surface area contributed by atoms with Gasteiger partial charge in [0.05, 0.1) is 22.4 Å². The number of amides is 3. The van der Waals surface area contributed by atoms with Crippen molar-refractivity contribution in [2.45, 2.75) is 56.2 Å². The number of ether oxygens (including phenoxy) is 1. The van der Waals surface area contributed by atoms with Crippen molar-refractivity contribution in [2.75, 3.05) is 24.3 Å². The van der Waals surface area contributed by atoms with Gasteiger partial charge in [0.15, 0.2) is 0 Å². The molecule has 2 aromatic rings. The van der Waals surface area contributed by atoms with Gasteiger partial charge in [-0.2, -0.15) is 0 Å². The topological polar surface area (TPSA) is 122 Å². The van der Waals surface area contributed by atoms with Crippen molar-refractivity contribution in [1.29, 1.82) is 0 Å². The molecule has 4 atom stereocenters. The Balaban J connectivity index is 1.24. The fraction of sp³-hybridized carbons (Fsp3) is 0.419. The molecule has 2 unspecified atom stereocenters. The van der Waals surface area contributed by atoms with Crippen molar-refractivity contribution >= 4 is 41.3 Å². The normalized spacial score (nSPS) is 24.2. The third-order valence-electron chi connectivity index (χ3n) is 8.70. The number of rotatable bonds is 9. The van der Waals surface area contributed by atoms with Crippen LogP contribution in [0.25, 0.3) is 0 Å². The number of likely N-dealkylation sites (tertiary alicyclic amines) is 1. The average Bonchev–Trinajstić information content (AvgIpc) is 3.90. The van der Waals surface area contributed by atoms with Gasteiger partial charge >= 0.3 is 6.03 Å². The van der Waals surface area contributed by atoms with Gasteiger partial charge in [-0.25, -0.2) is 14.2 Å². The number of hydrogen-bond donors (Lipinski definition) is 3. The first-order valence-electron chi connectivity index (χ1n) is 14.3. The highest BCUT2D eigenvalue weighted by molar-refractivity contribution is 6.30. The zero-order chi connectivity index (χ0) is 29.4. The van der Waals surface area contributed by atoms with Gasteiger partial charge in [0, 0.05) is 44.6 Å². The molecule has 1 aromatic carbocycles. The molecular formula is C31H34ClFN6O3. The minimum absolute atomic E-state index is 0.0220. The van der Waals surface area contributed by atoms with E-state index in [9.17, 15) is 9.59 Å². The van der Waals surface area contributed by atoms with E-state index in [-0.39, 0.29) is 30.7 Å². The summed E-state index contributed by atoms with van der Waals surface area (Å²) < 4.78 is 20.7. The molecule has 6 rings (SSSR count). The lowest BCUT2D eigenvalue weighted by molar-refractivity contribution is -0.119. The number of methoxy groups -OCH3 is 1. The molecule has 42 heavy (non-hydrogen) atoms. The minimum Gasteiger partial charge on any atom is -0.380 e. The number of anilines is 2. The molecule has 4 N–H and O–H groups in total. The van der Waals surface area contributed by atoms with E-state index < -0.39 is 29.3 Å². The van der Waals surface area contributed by atoms with Crippen LogP contribution in [0.3, 0.4) is 0 Å². The van der Waals surface area contributed by atoms with Gasteiger partial charge in [-0.3, -0.25) is 15.1 Å². The summed E-state index contributed by atoms with van der Waals surface area (Å²) in [6.07, 6.45) is 12.0. The maximum atomic E-state index is 15.2. The van der Waals surface area contributed by atoms with E-state index >= 15 is 4.39 Å². The highest BCUT2D eigenvalue weighted by Gasteiger charge is 2.45. The van der Waals surface area contributed by atoms with Crippen molar-refractivity contribution in [2.24, 2.45) is 22.6 Å². The molecule has 11 heteroatoms. The summed E-state index contributed by atoms with van der Waals surface area (Å²) in [5.74, 6) is 0.0890. The van der Waals surface area contributed by atoms with Crippen LogP contribution in [0.2, 0.25) is 5.02 Å². The molecule has 3 amide bonds. The van der Waals surface area contributed by atoms with Crippen molar-refractivity contribution in [3.63, 3.8) is 0 Å². The molecule has 2 saturated carbocycles. The van der Waals surface area contributed by atoms with E-state index in [1.165, 1.54) is 42.7 Å². The lowest BCUT2D eigenvalue weighted by Crippen LogP contribution is -2.45. The second-order valence-corrected chi connectivity index (χ2v) is 12.0. The van der Waals surface area contributed by atoms with Gasteiger partial charge in [0.25, 0.3) is 0 Å². The minimum atomic E-state index is -0.886. The Kier molecular flexibility index (Phi) is 7.87. The number of nitrogens with zero attached hydrogens (tertiary/aromatic N) is 3. The number of aliphatic imine (C=N–C) groups is 1. The second kappa shape index (κ2) is 11.6. The van der Waals surface area contributed by atoms with Crippen LogP contribution < -0.4 is 16.4 Å². The zero-order valence-corrected chi connectivity index (χ0v) is 24.1. The van der Waals surface area contributed by atoms with Crippen LogP contribution in [0.5, 0.6) is 0 Å². The first kappa shape index (κ1) is 28.5. The summed E-state index contributed by atoms with van der Waals surface area (Å²) in [6.45, 7) is 0.191. The lowest BCUT2D eigenvalue weighted by Gasteiger charge is -2.34. The summed E-state index contributed by atoms with van der Waals surface area (Å²) in [5, 5.41) is 5.87. The van der Waals surface area contributed by atoms with Crippen LogP contribution >= 0.6 is 11.6 Å². The Labute approximate surface area is 249 Å². The van der Waals surface area contributed by atoms with E-state index in [1.807, 2.05) is 12.3 Å². The van der Waals surface area contributed by atoms with Gasteiger partial charge < -0.3 is 20.7 Å². The summed E-state index contributed by atoms with van der Waals surface area (Å²) >= 11 is 5.90. The number of hydrogen-bond acceptors (Lipinski definition) is 6. The Morgan fingerprint density at radius 3 is 2.81 bits per heavy atom. The fourth-order valence-corrected chi connectivity index (χ4v) is 6.06. The number of urea groups is 1. The molecule has 1 saturated heterocycles. The number of nitrogens with two attached hydrogens (primary N) is 1. The molecule has 3 fully saturated rings.